The fourth-order valence-electron chi connectivity index (χ4n) is 2.22. The zero-order valence-electron chi connectivity index (χ0n) is 13.5. The molecule has 0 saturated heterocycles. The van der Waals surface area contributed by atoms with Crippen molar-refractivity contribution in [2.45, 2.75) is 32.4 Å². The molecule has 134 valence electrons. The maximum Gasteiger partial charge on any atom is 0.248 e. The second-order valence-electron chi connectivity index (χ2n) is 5.41. The molecule has 0 spiro atoms. The van der Waals surface area contributed by atoms with Crippen molar-refractivity contribution < 1.29 is 23.5 Å². The van der Waals surface area contributed by atoms with Gasteiger partial charge in [0.2, 0.25) is 11.8 Å². The third-order valence-electron chi connectivity index (χ3n) is 3.40. The van der Waals surface area contributed by atoms with E-state index < -0.39 is 29.5 Å². The number of hydrogen-bond acceptors (Lipinski definition) is 4. The first-order valence-electron chi connectivity index (χ1n) is 7.61. The molecule has 0 saturated carbocycles. The molecule has 4 N–H and O–H groups in total. The minimum Gasteiger partial charge on any atom is -0.390 e. The van der Waals surface area contributed by atoms with Crippen molar-refractivity contribution in [2.24, 2.45) is 0 Å². The SMILES string of the molecule is CCC(NC(=O)Cc1cc(F)cc(F)c1)C(=O)Nc1cc(CO)[nH]n1. The summed E-state index contributed by atoms with van der Waals surface area (Å²) in [6.07, 6.45) is 0.0574. The summed E-state index contributed by atoms with van der Waals surface area (Å²) in [4.78, 5) is 24.2. The zero-order chi connectivity index (χ0) is 18.4. The molecule has 1 aromatic heterocycles. The van der Waals surface area contributed by atoms with Gasteiger partial charge in [-0.3, -0.25) is 14.7 Å². The van der Waals surface area contributed by atoms with E-state index in [2.05, 4.69) is 20.8 Å². The van der Waals surface area contributed by atoms with Crippen LogP contribution in [0.3, 0.4) is 0 Å². The van der Waals surface area contributed by atoms with Crippen LogP contribution in [0.4, 0.5) is 14.6 Å². The lowest BCUT2D eigenvalue weighted by Crippen LogP contribution is -2.44. The minimum atomic E-state index is -0.833. The molecule has 1 unspecified atom stereocenters. The molecule has 0 radical (unpaired) electrons. The standard InChI is InChI=1S/C16H18F2N4O3/c1-2-13(16(25)20-14-7-12(8-23)21-22-14)19-15(24)5-9-3-10(17)6-11(18)4-9/h3-4,6-7,13,23H,2,5,8H2,1H3,(H,19,24)(H2,20,21,22,25). The number of amides is 2. The van der Waals surface area contributed by atoms with Crippen LogP contribution < -0.4 is 10.6 Å². The molecule has 0 aliphatic carbocycles. The van der Waals surface area contributed by atoms with Gasteiger partial charge in [-0.05, 0) is 24.1 Å². The summed E-state index contributed by atoms with van der Waals surface area (Å²) in [5, 5.41) is 20.3. The lowest BCUT2D eigenvalue weighted by Gasteiger charge is -2.16. The molecule has 2 amide bonds. The molecule has 0 aliphatic rings. The Labute approximate surface area is 142 Å². The van der Waals surface area contributed by atoms with Gasteiger partial charge in [-0.1, -0.05) is 6.92 Å². The van der Waals surface area contributed by atoms with Gasteiger partial charge < -0.3 is 15.7 Å². The Balaban J connectivity index is 1.95. The van der Waals surface area contributed by atoms with Crippen molar-refractivity contribution >= 4 is 17.6 Å². The number of hydrogen-bond donors (Lipinski definition) is 4. The number of aromatic amines is 1. The number of nitrogens with one attached hydrogen (secondary N) is 3. The largest absolute Gasteiger partial charge is 0.390 e. The second kappa shape index (κ2) is 8.34. The van der Waals surface area contributed by atoms with Crippen LogP contribution >= 0.6 is 0 Å². The number of aliphatic hydroxyl groups is 1. The fraction of sp³-hybridized carbons (Fsp3) is 0.312. The zero-order valence-corrected chi connectivity index (χ0v) is 13.5. The number of halogens is 2. The minimum absolute atomic E-state index is 0.171. The third kappa shape index (κ3) is 5.35. The van der Waals surface area contributed by atoms with Crippen LogP contribution in [0, 0.1) is 11.6 Å². The van der Waals surface area contributed by atoms with Crippen molar-refractivity contribution in [3.8, 4) is 0 Å². The Morgan fingerprint density at radius 2 is 1.92 bits per heavy atom. The highest BCUT2D eigenvalue weighted by atomic mass is 19.1. The van der Waals surface area contributed by atoms with Crippen molar-refractivity contribution in [2.75, 3.05) is 5.32 Å². The van der Waals surface area contributed by atoms with Gasteiger partial charge in [0.15, 0.2) is 5.82 Å². The van der Waals surface area contributed by atoms with Gasteiger partial charge in [-0.15, -0.1) is 0 Å². The molecule has 0 aliphatic heterocycles. The van der Waals surface area contributed by atoms with E-state index in [1.54, 1.807) is 6.92 Å². The van der Waals surface area contributed by atoms with Crippen LogP contribution in [0.1, 0.15) is 24.6 Å². The first-order chi connectivity index (χ1) is 11.9. The summed E-state index contributed by atoms with van der Waals surface area (Å²) in [5.41, 5.74) is 0.602. The summed E-state index contributed by atoms with van der Waals surface area (Å²) >= 11 is 0. The predicted octanol–water partition coefficient (Wildman–Crippen LogP) is 1.26. The maximum atomic E-state index is 13.1. The topological polar surface area (TPSA) is 107 Å². The van der Waals surface area contributed by atoms with Gasteiger partial charge in [0, 0.05) is 12.1 Å². The van der Waals surface area contributed by atoms with Crippen LogP contribution in [-0.4, -0.2) is 33.2 Å². The van der Waals surface area contributed by atoms with E-state index in [1.165, 1.54) is 6.07 Å². The highest BCUT2D eigenvalue weighted by molar-refractivity contribution is 5.96. The summed E-state index contributed by atoms with van der Waals surface area (Å²) < 4.78 is 26.3. The molecule has 25 heavy (non-hydrogen) atoms. The molecule has 0 fully saturated rings. The predicted molar refractivity (Wildman–Crippen MR) is 85.4 cm³/mol. The number of anilines is 1. The number of rotatable bonds is 7. The van der Waals surface area contributed by atoms with Gasteiger partial charge >= 0.3 is 0 Å². The van der Waals surface area contributed by atoms with Crippen LogP contribution in [0.15, 0.2) is 24.3 Å². The number of aromatic nitrogens is 2. The van der Waals surface area contributed by atoms with Gasteiger partial charge in [0.1, 0.15) is 17.7 Å². The summed E-state index contributed by atoms with van der Waals surface area (Å²) in [6, 6.07) is 3.46. The third-order valence-corrected chi connectivity index (χ3v) is 3.40. The van der Waals surface area contributed by atoms with E-state index in [0.29, 0.717) is 18.2 Å². The van der Waals surface area contributed by atoms with Crippen LogP contribution in [0.25, 0.3) is 0 Å². The van der Waals surface area contributed by atoms with E-state index in [1.807, 2.05) is 0 Å². The smallest absolute Gasteiger partial charge is 0.248 e. The van der Waals surface area contributed by atoms with Crippen molar-refractivity contribution in [1.29, 1.82) is 0 Å². The van der Waals surface area contributed by atoms with Crippen molar-refractivity contribution in [3.63, 3.8) is 0 Å². The van der Waals surface area contributed by atoms with Gasteiger partial charge in [-0.25, -0.2) is 8.78 Å². The molecule has 1 heterocycles. The highest BCUT2D eigenvalue weighted by Gasteiger charge is 2.20. The number of carbonyl (C=O) groups excluding carboxylic acids is 2. The Hall–Kier alpha value is -2.81. The molecule has 2 aromatic rings. The number of benzene rings is 1. The molecule has 1 aromatic carbocycles. The molecule has 1 atom stereocenters. The number of aliphatic hydroxyl groups excluding tert-OH is 1. The first kappa shape index (κ1) is 18.5. The van der Waals surface area contributed by atoms with Crippen molar-refractivity contribution in [1.82, 2.24) is 15.5 Å². The Kier molecular flexibility index (Phi) is 6.18. The fourth-order valence-corrected chi connectivity index (χ4v) is 2.22. The summed E-state index contributed by atoms with van der Waals surface area (Å²) in [5.74, 6) is -2.35. The molecule has 2 rings (SSSR count). The lowest BCUT2D eigenvalue weighted by molar-refractivity contribution is -0.126. The Morgan fingerprint density at radius 3 is 2.48 bits per heavy atom. The quantitative estimate of drug-likeness (QED) is 0.602. The Bertz CT molecular complexity index is 743. The second-order valence-corrected chi connectivity index (χ2v) is 5.41. The van der Waals surface area contributed by atoms with E-state index in [-0.39, 0.29) is 24.4 Å². The molecule has 0 bridgehead atoms. The number of H-pyrrole nitrogens is 1. The molecular formula is C16H18F2N4O3. The number of nitrogens with zero attached hydrogens (tertiary/aromatic N) is 1. The van der Waals surface area contributed by atoms with E-state index in [9.17, 15) is 18.4 Å². The monoisotopic (exact) mass is 352 g/mol. The first-order valence-corrected chi connectivity index (χ1v) is 7.61. The van der Waals surface area contributed by atoms with Gasteiger partial charge in [-0.2, -0.15) is 5.10 Å². The van der Waals surface area contributed by atoms with Gasteiger partial charge in [0.25, 0.3) is 0 Å². The average molecular weight is 352 g/mol. The molecule has 9 heteroatoms. The van der Waals surface area contributed by atoms with Crippen LogP contribution in [-0.2, 0) is 22.6 Å². The van der Waals surface area contributed by atoms with Crippen LogP contribution in [0.5, 0.6) is 0 Å². The molecular weight excluding hydrogens is 334 g/mol. The molecule has 7 nitrogen and oxygen atoms in total. The van der Waals surface area contributed by atoms with E-state index in [0.717, 1.165) is 12.1 Å². The maximum absolute atomic E-state index is 13.1. The highest BCUT2D eigenvalue weighted by Crippen LogP contribution is 2.10. The normalized spacial score (nSPS) is 11.8. The summed E-state index contributed by atoms with van der Waals surface area (Å²) in [6.45, 7) is 1.46. The van der Waals surface area contributed by atoms with E-state index in [4.69, 9.17) is 5.11 Å². The van der Waals surface area contributed by atoms with Gasteiger partial charge in [0.05, 0.1) is 18.7 Å². The average Bonchev–Trinajstić information content (AvgIpc) is 2.99. The van der Waals surface area contributed by atoms with Crippen molar-refractivity contribution in [3.05, 3.63) is 47.2 Å². The van der Waals surface area contributed by atoms with E-state index >= 15 is 0 Å². The Morgan fingerprint density at radius 1 is 1.24 bits per heavy atom. The number of carbonyl (C=O) groups is 2. The summed E-state index contributed by atoms with van der Waals surface area (Å²) in [7, 11) is 0. The van der Waals surface area contributed by atoms with Crippen LogP contribution in [0.2, 0.25) is 0 Å². The lowest BCUT2D eigenvalue weighted by atomic mass is 10.1.